The van der Waals surface area contributed by atoms with E-state index in [0.29, 0.717) is 12.2 Å². The van der Waals surface area contributed by atoms with Gasteiger partial charge in [-0.3, -0.25) is 9.47 Å². The molecule has 2 rings (SSSR count). The molecule has 0 radical (unpaired) electrons. The fourth-order valence-electron chi connectivity index (χ4n) is 1.67. The van der Waals surface area contributed by atoms with Crippen LogP contribution in [0.4, 0.5) is 0 Å². The number of hydrogen-bond acceptors (Lipinski definition) is 3. The number of aliphatic hydroxyl groups is 1. The minimum atomic E-state index is -0.498. The number of fused-ring (bicyclic) bond motifs is 1. The molecule has 0 saturated heterocycles. The van der Waals surface area contributed by atoms with Crippen LogP contribution in [0.3, 0.4) is 0 Å². The fraction of sp³-hybridized carbons (Fsp3) is 0.182. The molecule has 0 aliphatic carbocycles. The third-order valence-electron chi connectivity index (χ3n) is 2.34. The van der Waals surface area contributed by atoms with Gasteiger partial charge in [-0.15, -0.1) is 0 Å². The number of nitrogens with two attached hydrogens (primary N) is 1. The van der Waals surface area contributed by atoms with Crippen LogP contribution in [0, 0.1) is 0 Å². The fourth-order valence-corrected chi connectivity index (χ4v) is 1.67. The number of nitrogens with one attached hydrogen (secondary N) is 1. The lowest BCUT2D eigenvalue weighted by atomic mass is 10.2. The number of para-hydroxylation sites is 1. The molecule has 2 aromatic rings. The number of primary amides is 1. The Kier molecular flexibility index (Phi) is 2.78. The Bertz CT molecular complexity index is 519. The summed E-state index contributed by atoms with van der Waals surface area (Å²) in [7, 11) is 0. The molecule has 0 bridgehead atoms. The smallest absolute Gasteiger partial charge is 0.267 e. The monoisotopic (exact) mass is 219 g/mol. The Morgan fingerprint density at radius 1 is 1.44 bits per heavy atom. The Morgan fingerprint density at radius 3 is 2.88 bits per heavy atom. The molecule has 0 spiro atoms. The molecule has 0 aliphatic heterocycles. The highest BCUT2D eigenvalue weighted by atomic mass is 16.3. The highest BCUT2D eigenvalue weighted by molar-refractivity contribution is 5.98. The van der Waals surface area contributed by atoms with Crippen molar-refractivity contribution in [2.45, 2.75) is 0 Å². The van der Waals surface area contributed by atoms with Crippen molar-refractivity contribution in [2.24, 2.45) is 5.73 Å². The van der Waals surface area contributed by atoms with E-state index < -0.39 is 5.91 Å². The maximum Gasteiger partial charge on any atom is 0.267 e. The van der Waals surface area contributed by atoms with Crippen LogP contribution >= 0.6 is 0 Å². The lowest BCUT2D eigenvalue weighted by Gasteiger charge is -2.10. The first kappa shape index (κ1) is 10.5. The molecule has 84 valence electrons. The summed E-state index contributed by atoms with van der Waals surface area (Å²) in [5, 5.41) is 9.71. The van der Waals surface area contributed by atoms with E-state index in [9.17, 15) is 4.79 Å². The summed E-state index contributed by atoms with van der Waals surface area (Å²) in [6.07, 6.45) is 0. The molecule has 1 aromatic carbocycles. The molecule has 0 aliphatic rings. The van der Waals surface area contributed by atoms with Crippen LogP contribution in [-0.2, 0) is 0 Å². The first-order chi connectivity index (χ1) is 7.74. The zero-order chi connectivity index (χ0) is 11.5. The van der Waals surface area contributed by atoms with Crippen LogP contribution in [0.15, 0.2) is 30.3 Å². The zero-order valence-electron chi connectivity index (χ0n) is 8.68. The highest BCUT2D eigenvalue weighted by Crippen LogP contribution is 2.17. The second-order valence-electron chi connectivity index (χ2n) is 3.42. The van der Waals surface area contributed by atoms with Crippen molar-refractivity contribution in [1.29, 1.82) is 0 Å². The number of aliphatic hydroxyl groups excluding tert-OH is 1. The molecule has 0 unspecified atom stereocenters. The van der Waals surface area contributed by atoms with Gasteiger partial charge < -0.3 is 16.3 Å². The number of aromatic nitrogens is 1. The lowest BCUT2D eigenvalue weighted by Crippen LogP contribution is -2.25. The number of nitrogens with zero attached hydrogens (tertiary/aromatic N) is 1. The molecule has 0 fully saturated rings. The highest BCUT2D eigenvalue weighted by Gasteiger charge is 2.11. The van der Waals surface area contributed by atoms with Crippen LogP contribution in [0.1, 0.15) is 10.5 Å². The third kappa shape index (κ3) is 1.72. The van der Waals surface area contributed by atoms with Crippen molar-refractivity contribution in [3.05, 3.63) is 36.0 Å². The number of carbonyl (C=O) groups is 1. The van der Waals surface area contributed by atoms with Crippen molar-refractivity contribution >= 4 is 16.8 Å². The van der Waals surface area contributed by atoms with Gasteiger partial charge in [0.15, 0.2) is 0 Å². The Morgan fingerprint density at radius 2 is 2.19 bits per heavy atom. The molecule has 5 nitrogen and oxygen atoms in total. The number of benzene rings is 1. The Hall–Kier alpha value is -2.01. The Labute approximate surface area is 92.4 Å². The quantitative estimate of drug-likeness (QED) is 0.690. The number of hydrogen-bond donors (Lipinski definition) is 3. The van der Waals surface area contributed by atoms with Gasteiger partial charge in [0.1, 0.15) is 5.69 Å². The second kappa shape index (κ2) is 4.24. The summed E-state index contributed by atoms with van der Waals surface area (Å²) >= 11 is 0. The molecule has 1 aromatic heterocycles. The largest absolute Gasteiger partial charge is 0.394 e. The third-order valence-corrected chi connectivity index (χ3v) is 2.34. The van der Waals surface area contributed by atoms with E-state index in [0.717, 1.165) is 10.9 Å². The standard InChI is InChI=1S/C11H13N3O2/c12-11(16)10-7-8-3-1-2-4-9(8)14(10)13-5-6-15/h1-4,7,13,15H,5-6H2,(H2,12,16). The summed E-state index contributed by atoms with van der Waals surface area (Å²) in [6, 6.07) is 9.28. The van der Waals surface area contributed by atoms with Crippen LogP contribution in [0.5, 0.6) is 0 Å². The van der Waals surface area contributed by atoms with Crippen LogP contribution < -0.4 is 11.2 Å². The van der Waals surface area contributed by atoms with E-state index in [1.807, 2.05) is 24.3 Å². The van der Waals surface area contributed by atoms with E-state index >= 15 is 0 Å². The van der Waals surface area contributed by atoms with Gasteiger partial charge in [-0.05, 0) is 12.1 Å². The predicted octanol–water partition coefficient (Wildman–Crippen LogP) is 0.276. The van der Waals surface area contributed by atoms with Gasteiger partial charge in [0.05, 0.1) is 18.7 Å². The van der Waals surface area contributed by atoms with Crippen LogP contribution in [0.2, 0.25) is 0 Å². The van der Waals surface area contributed by atoms with Gasteiger partial charge in [0, 0.05) is 5.39 Å². The molecular weight excluding hydrogens is 206 g/mol. The van der Waals surface area contributed by atoms with Gasteiger partial charge in [-0.1, -0.05) is 18.2 Å². The van der Waals surface area contributed by atoms with E-state index in [1.165, 1.54) is 0 Å². The molecule has 4 N–H and O–H groups in total. The first-order valence-corrected chi connectivity index (χ1v) is 4.99. The van der Waals surface area contributed by atoms with Crippen molar-refractivity contribution in [1.82, 2.24) is 4.68 Å². The minimum absolute atomic E-state index is 0.00922. The predicted molar refractivity (Wildman–Crippen MR) is 61.8 cm³/mol. The van der Waals surface area contributed by atoms with Crippen molar-refractivity contribution in [3.63, 3.8) is 0 Å². The molecule has 0 atom stereocenters. The maximum atomic E-state index is 11.3. The second-order valence-corrected chi connectivity index (χ2v) is 3.42. The molecule has 1 heterocycles. The number of rotatable bonds is 4. The minimum Gasteiger partial charge on any atom is -0.394 e. The summed E-state index contributed by atoms with van der Waals surface area (Å²) in [6.45, 7) is 0.351. The topological polar surface area (TPSA) is 80.3 Å². The van der Waals surface area contributed by atoms with Crippen LogP contribution in [-0.4, -0.2) is 28.8 Å². The maximum absolute atomic E-state index is 11.3. The van der Waals surface area contributed by atoms with E-state index in [-0.39, 0.29) is 6.61 Å². The number of amides is 1. The number of carbonyl (C=O) groups excluding carboxylic acids is 1. The molecular formula is C11H13N3O2. The molecule has 0 saturated carbocycles. The van der Waals surface area contributed by atoms with Crippen molar-refractivity contribution < 1.29 is 9.90 Å². The first-order valence-electron chi connectivity index (χ1n) is 4.99. The molecule has 1 amide bonds. The summed E-state index contributed by atoms with van der Waals surface area (Å²) in [5.41, 5.74) is 9.47. The van der Waals surface area contributed by atoms with Gasteiger partial charge in [-0.25, -0.2) is 0 Å². The van der Waals surface area contributed by atoms with E-state index in [2.05, 4.69) is 5.43 Å². The summed E-state index contributed by atoms with van der Waals surface area (Å²) in [5.74, 6) is -0.498. The Balaban J connectivity index is 2.55. The van der Waals surface area contributed by atoms with Gasteiger partial charge >= 0.3 is 0 Å². The summed E-state index contributed by atoms with van der Waals surface area (Å²) < 4.78 is 1.61. The van der Waals surface area contributed by atoms with E-state index in [4.69, 9.17) is 10.8 Å². The SMILES string of the molecule is NC(=O)c1cc2ccccc2n1NCCO. The average Bonchev–Trinajstić information content (AvgIpc) is 2.65. The normalized spacial score (nSPS) is 10.6. The van der Waals surface area contributed by atoms with Gasteiger partial charge in [0.2, 0.25) is 0 Å². The lowest BCUT2D eigenvalue weighted by molar-refractivity contribution is 0.0993. The van der Waals surface area contributed by atoms with Gasteiger partial charge in [0.25, 0.3) is 5.91 Å². The molecule has 16 heavy (non-hydrogen) atoms. The zero-order valence-corrected chi connectivity index (χ0v) is 8.68. The van der Waals surface area contributed by atoms with Crippen LogP contribution in [0.25, 0.3) is 10.9 Å². The van der Waals surface area contributed by atoms with Gasteiger partial charge in [-0.2, -0.15) is 0 Å². The van der Waals surface area contributed by atoms with Crippen molar-refractivity contribution in [3.8, 4) is 0 Å². The molecule has 5 heteroatoms. The van der Waals surface area contributed by atoms with Crippen molar-refractivity contribution in [2.75, 3.05) is 18.6 Å². The average molecular weight is 219 g/mol. The van der Waals surface area contributed by atoms with E-state index in [1.54, 1.807) is 10.7 Å². The summed E-state index contributed by atoms with van der Waals surface area (Å²) in [4.78, 5) is 11.3.